The third-order valence-corrected chi connectivity index (χ3v) is 2.91. The van der Waals surface area contributed by atoms with E-state index in [1.165, 1.54) is 19.4 Å². The molecule has 3 nitrogen and oxygen atoms in total. The molecule has 0 spiro atoms. The lowest BCUT2D eigenvalue weighted by Crippen LogP contribution is -2.44. The average Bonchev–Trinajstić information content (AvgIpc) is 2.74. The van der Waals surface area contributed by atoms with Crippen LogP contribution in [-0.4, -0.2) is 43.4 Å². The maximum atomic E-state index is 5.62. The van der Waals surface area contributed by atoms with Gasteiger partial charge in [-0.25, -0.2) is 0 Å². The van der Waals surface area contributed by atoms with E-state index in [4.69, 9.17) is 4.74 Å². The second-order valence-corrected chi connectivity index (χ2v) is 3.58. The van der Waals surface area contributed by atoms with Gasteiger partial charge in [-0.1, -0.05) is 6.92 Å². The highest BCUT2D eigenvalue weighted by Gasteiger charge is 2.32. The molecule has 0 saturated carbocycles. The van der Waals surface area contributed by atoms with Gasteiger partial charge in [-0.3, -0.25) is 10.2 Å². The van der Waals surface area contributed by atoms with Crippen LogP contribution in [0.1, 0.15) is 19.8 Å². The SMILES string of the molecule is CCN1CCCC1C1NCCO1. The molecule has 70 valence electrons. The van der Waals surface area contributed by atoms with Crippen LogP contribution in [0, 0.1) is 0 Å². The van der Waals surface area contributed by atoms with Crippen molar-refractivity contribution in [3.05, 3.63) is 0 Å². The summed E-state index contributed by atoms with van der Waals surface area (Å²) in [5.41, 5.74) is 0. The van der Waals surface area contributed by atoms with Crippen LogP contribution in [0.5, 0.6) is 0 Å². The summed E-state index contributed by atoms with van der Waals surface area (Å²) < 4.78 is 5.62. The lowest BCUT2D eigenvalue weighted by molar-refractivity contribution is 0.0333. The maximum absolute atomic E-state index is 5.62. The number of likely N-dealkylation sites (N-methyl/N-ethyl adjacent to an activating group) is 1. The molecule has 2 rings (SSSR count). The molecule has 0 amide bonds. The molecule has 2 fully saturated rings. The molecule has 0 radical (unpaired) electrons. The predicted molar refractivity (Wildman–Crippen MR) is 48.0 cm³/mol. The number of rotatable bonds is 2. The molecule has 2 atom stereocenters. The number of hydrogen-bond donors (Lipinski definition) is 1. The highest BCUT2D eigenvalue weighted by molar-refractivity contribution is 4.85. The second-order valence-electron chi connectivity index (χ2n) is 3.58. The Labute approximate surface area is 74.1 Å². The number of likely N-dealkylation sites (tertiary alicyclic amines) is 1. The van der Waals surface area contributed by atoms with Crippen molar-refractivity contribution in [3.8, 4) is 0 Å². The molecule has 12 heavy (non-hydrogen) atoms. The molecular weight excluding hydrogens is 152 g/mol. The van der Waals surface area contributed by atoms with Crippen LogP contribution in [0.2, 0.25) is 0 Å². The van der Waals surface area contributed by atoms with Crippen LogP contribution in [0.25, 0.3) is 0 Å². The zero-order valence-electron chi connectivity index (χ0n) is 7.75. The molecule has 0 aromatic heterocycles. The molecule has 3 heteroatoms. The van der Waals surface area contributed by atoms with Gasteiger partial charge >= 0.3 is 0 Å². The van der Waals surface area contributed by atoms with E-state index in [2.05, 4.69) is 17.1 Å². The highest BCUT2D eigenvalue weighted by atomic mass is 16.5. The lowest BCUT2D eigenvalue weighted by atomic mass is 10.2. The van der Waals surface area contributed by atoms with E-state index in [-0.39, 0.29) is 0 Å². The normalized spacial score (nSPS) is 37.8. The molecule has 2 unspecified atom stereocenters. The Morgan fingerprint density at radius 3 is 3.17 bits per heavy atom. The molecule has 2 aliphatic heterocycles. The standard InChI is InChI=1S/C9H18N2O/c1-2-11-6-3-4-8(11)9-10-5-7-12-9/h8-10H,2-7H2,1H3. The third-order valence-electron chi connectivity index (χ3n) is 2.91. The molecular formula is C9H18N2O. The van der Waals surface area contributed by atoms with Crippen LogP contribution in [0.15, 0.2) is 0 Å². The molecule has 0 bridgehead atoms. The third kappa shape index (κ3) is 1.49. The summed E-state index contributed by atoms with van der Waals surface area (Å²) in [4.78, 5) is 2.52. The van der Waals surface area contributed by atoms with E-state index >= 15 is 0 Å². The Morgan fingerprint density at radius 2 is 2.50 bits per heavy atom. The predicted octanol–water partition coefficient (Wildman–Crippen LogP) is 0.417. The van der Waals surface area contributed by atoms with Crippen molar-refractivity contribution < 1.29 is 4.74 Å². The van der Waals surface area contributed by atoms with Crippen LogP contribution < -0.4 is 5.32 Å². The van der Waals surface area contributed by atoms with Crippen molar-refractivity contribution in [1.82, 2.24) is 10.2 Å². The summed E-state index contributed by atoms with van der Waals surface area (Å²) in [6.45, 7) is 6.56. The number of hydrogen-bond acceptors (Lipinski definition) is 3. The summed E-state index contributed by atoms with van der Waals surface area (Å²) in [6.07, 6.45) is 2.94. The van der Waals surface area contributed by atoms with E-state index in [1.54, 1.807) is 0 Å². The minimum atomic E-state index is 0.312. The molecule has 2 heterocycles. The van der Waals surface area contributed by atoms with Crippen molar-refractivity contribution in [2.45, 2.75) is 32.0 Å². The molecule has 0 aromatic carbocycles. The average molecular weight is 170 g/mol. The van der Waals surface area contributed by atoms with E-state index < -0.39 is 0 Å². The van der Waals surface area contributed by atoms with Gasteiger partial charge in [0.15, 0.2) is 0 Å². The maximum Gasteiger partial charge on any atom is 0.123 e. The minimum Gasteiger partial charge on any atom is -0.360 e. The van der Waals surface area contributed by atoms with Gasteiger partial charge in [0.1, 0.15) is 6.23 Å². The van der Waals surface area contributed by atoms with Gasteiger partial charge in [0.05, 0.1) is 6.61 Å². The molecule has 1 N–H and O–H groups in total. The zero-order valence-corrected chi connectivity index (χ0v) is 7.75. The number of ether oxygens (including phenoxy) is 1. The monoisotopic (exact) mass is 170 g/mol. The van der Waals surface area contributed by atoms with Gasteiger partial charge in [0.2, 0.25) is 0 Å². The smallest absolute Gasteiger partial charge is 0.123 e. The molecule has 2 saturated heterocycles. The fourth-order valence-corrected chi connectivity index (χ4v) is 2.28. The summed E-state index contributed by atoms with van der Waals surface area (Å²) in [5.74, 6) is 0. The summed E-state index contributed by atoms with van der Waals surface area (Å²) in [5, 5.41) is 3.40. The fraction of sp³-hybridized carbons (Fsp3) is 1.00. The van der Waals surface area contributed by atoms with E-state index in [1.807, 2.05) is 0 Å². The van der Waals surface area contributed by atoms with Crippen molar-refractivity contribution in [3.63, 3.8) is 0 Å². The summed E-state index contributed by atoms with van der Waals surface area (Å²) in [7, 11) is 0. The Kier molecular flexibility index (Phi) is 2.63. The van der Waals surface area contributed by atoms with Crippen molar-refractivity contribution >= 4 is 0 Å². The number of nitrogens with one attached hydrogen (secondary N) is 1. The first-order chi connectivity index (χ1) is 5.92. The number of nitrogens with zero attached hydrogens (tertiary/aromatic N) is 1. The fourth-order valence-electron chi connectivity index (χ4n) is 2.28. The van der Waals surface area contributed by atoms with Gasteiger partial charge in [0.25, 0.3) is 0 Å². The quantitative estimate of drug-likeness (QED) is 0.650. The van der Waals surface area contributed by atoms with Crippen molar-refractivity contribution in [2.75, 3.05) is 26.2 Å². The first kappa shape index (κ1) is 8.48. The van der Waals surface area contributed by atoms with E-state index in [0.717, 1.165) is 19.7 Å². The van der Waals surface area contributed by atoms with Crippen LogP contribution in [0.4, 0.5) is 0 Å². The van der Waals surface area contributed by atoms with Gasteiger partial charge in [-0.2, -0.15) is 0 Å². The van der Waals surface area contributed by atoms with E-state index in [0.29, 0.717) is 12.3 Å². The van der Waals surface area contributed by atoms with Crippen molar-refractivity contribution in [1.29, 1.82) is 0 Å². The Bertz CT molecular complexity index is 145. The van der Waals surface area contributed by atoms with Gasteiger partial charge in [0, 0.05) is 12.6 Å². The Morgan fingerprint density at radius 1 is 1.58 bits per heavy atom. The highest BCUT2D eigenvalue weighted by Crippen LogP contribution is 2.21. The summed E-state index contributed by atoms with van der Waals surface area (Å²) in [6, 6.07) is 0.637. The van der Waals surface area contributed by atoms with Crippen LogP contribution in [-0.2, 0) is 4.74 Å². The minimum absolute atomic E-state index is 0.312. The van der Waals surface area contributed by atoms with Crippen molar-refractivity contribution in [2.24, 2.45) is 0 Å². The lowest BCUT2D eigenvalue weighted by Gasteiger charge is -2.27. The van der Waals surface area contributed by atoms with E-state index in [9.17, 15) is 0 Å². The summed E-state index contributed by atoms with van der Waals surface area (Å²) >= 11 is 0. The van der Waals surface area contributed by atoms with Gasteiger partial charge in [-0.15, -0.1) is 0 Å². The largest absolute Gasteiger partial charge is 0.360 e. The second kappa shape index (κ2) is 3.73. The first-order valence-electron chi connectivity index (χ1n) is 5.01. The molecule has 0 aliphatic carbocycles. The van der Waals surface area contributed by atoms with Gasteiger partial charge < -0.3 is 4.74 Å². The molecule has 0 aromatic rings. The zero-order chi connectivity index (χ0) is 8.39. The topological polar surface area (TPSA) is 24.5 Å². The first-order valence-corrected chi connectivity index (χ1v) is 5.01. The Hall–Kier alpha value is -0.120. The van der Waals surface area contributed by atoms with Crippen LogP contribution >= 0.6 is 0 Å². The molecule has 2 aliphatic rings. The Balaban J connectivity index is 1.92. The van der Waals surface area contributed by atoms with Gasteiger partial charge in [-0.05, 0) is 25.9 Å². The van der Waals surface area contributed by atoms with Crippen LogP contribution in [0.3, 0.4) is 0 Å².